The molecule has 0 saturated carbocycles. The lowest BCUT2D eigenvalue weighted by atomic mass is 10.2. The van der Waals surface area contributed by atoms with E-state index in [1.807, 2.05) is 0 Å². The second-order valence-electron chi connectivity index (χ2n) is 4.18. The molecule has 7 heteroatoms. The smallest absolute Gasteiger partial charge is 0.277 e. The van der Waals surface area contributed by atoms with Crippen molar-refractivity contribution < 1.29 is 13.9 Å². The third kappa shape index (κ3) is 4.72. The first kappa shape index (κ1) is 16.3. The number of halogens is 3. The molecule has 0 radical (unpaired) electrons. The van der Waals surface area contributed by atoms with Crippen LogP contribution < -0.4 is 10.2 Å². The van der Waals surface area contributed by atoms with Crippen molar-refractivity contribution in [2.45, 2.75) is 0 Å². The van der Waals surface area contributed by atoms with E-state index in [2.05, 4.69) is 10.5 Å². The van der Waals surface area contributed by atoms with Gasteiger partial charge in [0.2, 0.25) is 0 Å². The van der Waals surface area contributed by atoms with Gasteiger partial charge in [0, 0.05) is 10.6 Å². The molecule has 0 spiro atoms. The summed E-state index contributed by atoms with van der Waals surface area (Å²) in [5.41, 5.74) is 2.85. The van der Waals surface area contributed by atoms with Crippen LogP contribution in [0.5, 0.6) is 5.75 Å². The molecule has 0 fully saturated rings. The number of carbonyl (C=O) groups is 1. The van der Waals surface area contributed by atoms with Crippen LogP contribution in [-0.4, -0.2) is 18.7 Å². The van der Waals surface area contributed by atoms with Crippen molar-refractivity contribution in [2.75, 3.05) is 6.61 Å². The number of benzene rings is 2. The third-order valence-corrected chi connectivity index (χ3v) is 3.11. The lowest BCUT2D eigenvalue weighted by molar-refractivity contribution is -0.123. The summed E-state index contributed by atoms with van der Waals surface area (Å²) in [6, 6.07) is 10.7. The Kier molecular flexibility index (Phi) is 5.75. The number of hydrogen-bond acceptors (Lipinski definition) is 3. The predicted molar refractivity (Wildman–Crippen MR) is 84.1 cm³/mol. The zero-order valence-corrected chi connectivity index (χ0v) is 12.7. The van der Waals surface area contributed by atoms with E-state index in [9.17, 15) is 9.18 Å². The molecule has 0 heterocycles. The quantitative estimate of drug-likeness (QED) is 0.667. The molecule has 1 N–H and O–H groups in total. The Morgan fingerprint density at radius 1 is 1.27 bits per heavy atom. The van der Waals surface area contributed by atoms with Crippen molar-refractivity contribution >= 4 is 35.3 Å². The molecule has 0 atom stereocenters. The summed E-state index contributed by atoms with van der Waals surface area (Å²) in [5.74, 6) is -1.06. The largest absolute Gasteiger partial charge is 0.481 e. The number of nitrogens with zero attached hydrogens (tertiary/aromatic N) is 1. The summed E-state index contributed by atoms with van der Waals surface area (Å²) >= 11 is 11.7. The molecule has 0 unspecified atom stereocenters. The Bertz CT molecular complexity index is 708. The molecule has 0 aliphatic heterocycles. The van der Waals surface area contributed by atoms with E-state index in [1.54, 1.807) is 24.3 Å². The van der Waals surface area contributed by atoms with Gasteiger partial charge in [-0.05, 0) is 24.3 Å². The van der Waals surface area contributed by atoms with Crippen LogP contribution in [0.25, 0.3) is 0 Å². The van der Waals surface area contributed by atoms with E-state index < -0.39 is 11.7 Å². The molecule has 0 aromatic heterocycles. The number of hydrazone groups is 1. The van der Waals surface area contributed by atoms with Crippen molar-refractivity contribution in [1.82, 2.24) is 5.43 Å². The van der Waals surface area contributed by atoms with Gasteiger partial charge in [0.05, 0.1) is 11.2 Å². The van der Waals surface area contributed by atoms with Crippen LogP contribution in [0.4, 0.5) is 4.39 Å². The highest BCUT2D eigenvalue weighted by Crippen LogP contribution is 2.19. The van der Waals surface area contributed by atoms with Gasteiger partial charge in [0.1, 0.15) is 0 Å². The molecule has 4 nitrogen and oxygen atoms in total. The van der Waals surface area contributed by atoms with Gasteiger partial charge in [-0.15, -0.1) is 0 Å². The topological polar surface area (TPSA) is 50.7 Å². The maximum absolute atomic E-state index is 13.3. The van der Waals surface area contributed by atoms with Crippen LogP contribution in [0.3, 0.4) is 0 Å². The molecule has 2 rings (SSSR count). The number of rotatable bonds is 5. The van der Waals surface area contributed by atoms with E-state index in [4.69, 9.17) is 27.9 Å². The fourth-order valence-corrected chi connectivity index (χ4v) is 1.97. The van der Waals surface area contributed by atoms with E-state index in [0.29, 0.717) is 15.6 Å². The lowest BCUT2D eigenvalue weighted by Crippen LogP contribution is -2.24. The van der Waals surface area contributed by atoms with Gasteiger partial charge in [-0.1, -0.05) is 41.4 Å². The highest BCUT2D eigenvalue weighted by atomic mass is 35.5. The molecule has 22 heavy (non-hydrogen) atoms. The second-order valence-corrected chi connectivity index (χ2v) is 5.02. The Morgan fingerprint density at radius 3 is 2.77 bits per heavy atom. The first-order chi connectivity index (χ1) is 10.6. The maximum atomic E-state index is 13.3. The number of carbonyl (C=O) groups excluding carboxylic acids is 1. The molecule has 0 saturated heterocycles. The van der Waals surface area contributed by atoms with Gasteiger partial charge < -0.3 is 4.74 Å². The normalized spacial score (nSPS) is 10.7. The van der Waals surface area contributed by atoms with Crippen LogP contribution in [0.2, 0.25) is 10.0 Å². The first-order valence-corrected chi connectivity index (χ1v) is 6.96. The van der Waals surface area contributed by atoms with Gasteiger partial charge in [-0.3, -0.25) is 4.79 Å². The maximum Gasteiger partial charge on any atom is 0.277 e. The molecular formula is C15H11Cl2FN2O2. The van der Waals surface area contributed by atoms with Gasteiger partial charge in [-0.25, -0.2) is 9.82 Å². The third-order valence-electron chi connectivity index (χ3n) is 2.55. The van der Waals surface area contributed by atoms with E-state index >= 15 is 0 Å². The van der Waals surface area contributed by atoms with E-state index in [1.165, 1.54) is 24.4 Å². The summed E-state index contributed by atoms with van der Waals surface area (Å²) in [4.78, 5) is 11.5. The van der Waals surface area contributed by atoms with Crippen molar-refractivity contribution in [3.05, 3.63) is 63.9 Å². The summed E-state index contributed by atoms with van der Waals surface area (Å²) in [5, 5.41) is 4.66. The lowest BCUT2D eigenvalue weighted by Gasteiger charge is -2.05. The molecule has 114 valence electrons. The Hall–Kier alpha value is -2.11. The summed E-state index contributed by atoms with van der Waals surface area (Å²) < 4.78 is 18.3. The molecule has 2 aromatic rings. The molecule has 2 aromatic carbocycles. The predicted octanol–water partition coefficient (Wildman–Crippen LogP) is 3.66. The summed E-state index contributed by atoms with van der Waals surface area (Å²) in [6.07, 6.45) is 1.37. The fourth-order valence-electron chi connectivity index (χ4n) is 1.52. The van der Waals surface area contributed by atoms with Crippen LogP contribution in [0.15, 0.2) is 47.6 Å². The van der Waals surface area contributed by atoms with Gasteiger partial charge in [0.15, 0.2) is 18.2 Å². The molecule has 0 aliphatic rings. The van der Waals surface area contributed by atoms with Gasteiger partial charge in [0.25, 0.3) is 5.91 Å². The number of amides is 1. The van der Waals surface area contributed by atoms with Crippen LogP contribution in [0, 0.1) is 5.82 Å². The number of para-hydroxylation sites is 1. The second kappa shape index (κ2) is 7.77. The van der Waals surface area contributed by atoms with Crippen molar-refractivity contribution in [3.8, 4) is 5.75 Å². The monoisotopic (exact) mass is 340 g/mol. The van der Waals surface area contributed by atoms with Crippen LogP contribution >= 0.6 is 23.2 Å². The first-order valence-electron chi connectivity index (χ1n) is 6.20. The highest BCUT2D eigenvalue weighted by molar-refractivity contribution is 6.36. The minimum absolute atomic E-state index is 0.00220. The minimum Gasteiger partial charge on any atom is -0.481 e. The van der Waals surface area contributed by atoms with Crippen molar-refractivity contribution in [2.24, 2.45) is 5.10 Å². The number of nitrogens with one attached hydrogen (secondary N) is 1. The average molecular weight is 341 g/mol. The Labute approximate surface area is 136 Å². The zero-order valence-electron chi connectivity index (χ0n) is 11.2. The van der Waals surface area contributed by atoms with Crippen LogP contribution in [0.1, 0.15) is 5.56 Å². The zero-order chi connectivity index (χ0) is 15.9. The van der Waals surface area contributed by atoms with Gasteiger partial charge in [-0.2, -0.15) is 5.10 Å². The number of ether oxygens (including phenoxy) is 1. The fraction of sp³-hybridized carbons (Fsp3) is 0.0667. The van der Waals surface area contributed by atoms with Gasteiger partial charge >= 0.3 is 0 Å². The van der Waals surface area contributed by atoms with Crippen LogP contribution in [-0.2, 0) is 4.79 Å². The average Bonchev–Trinajstić information content (AvgIpc) is 2.49. The minimum atomic E-state index is -0.535. The summed E-state index contributed by atoms with van der Waals surface area (Å²) in [6.45, 7) is -0.355. The summed E-state index contributed by atoms with van der Waals surface area (Å²) in [7, 11) is 0. The van der Waals surface area contributed by atoms with Crippen molar-refractivity contribution in [3.63, 3.8) is 0 Å². The molecule has 0 aliphatic carbocycles. The molecule has 0 bridgehead atoms. The Balaban J connectivity index is 1.85. The standard InChI is InChI=1S/C15H11Cl2FN2O2/c16-11-6-5-10(12(17)7-11)8-19-20-15(21)9-22-14-4-2-1-3-13(14)18/h1-8H,9H2,(H,20,21)/b19-8-. The SMILES string of the molecule is O=C(COc1ccccc1F)N/N=C\c1ccc(Cl)cc1Cl. The molecule has 1 amide bonds. The van der Waals surface area contributed by atoms with Crippen molar-refractivity contribution in [1.29, 1.82) is 0 Å². The van der Waals surface area contributed by atoms with E-state index in [0.717, 1.165) is 0 Å². The Morgan fingerprint density at radius 2 is 2.05 bits per heavy atom. The van der Waals surface area contributed by atoms with E-state index in [-0.39, 0.29) is 12.4 Å². The molecular weight excluding hydrogens is 330 g/mol. The highest BCUT2D eigenvalue weighted by Gasteiger charge is 2.05. The number of hydrogen-bond donors (Lipinski definition) is 1.